The van der Waals surface area contributed by atoms with Crippen molar-refractivity contribution in [2.45, 2.75) is 0 Å². The summed E-state index contributed by atoms with van der Waals surface area (Å²) in [5.41, 5.74) is 2.69. The van der Waals surface area contributed by atoms with Crippen molar-refractivity contribution >= 4 is 40.0 Å². The van der Waals surface area contributed by atoms with Crippen molar-refractivity contribution in [1.29, 1.82) is 5.41 Å². The Labute approximate surface area is 177 Å². The SMILES string of the molecule is COc1ccc(OC)c(-c2csc(C3=C(O)CN(c4ccc(Cl)cc4)C3=N)n2)c1. The second kappa shape index (κ2) is 7.77. The molecule has 0 fully saturated rings. The molecular formula is C21H18ClN3O3S. The second-order valence-electron chi connectivity index (χ2n) is 6.34. The van der Waals surface area contributed by atoms with Gasteiger partial charge in [-0.25, -0.2) is 4.98 Å². The molecule has 1 aliphatic heterocycles. The van der Waals surface area contributed by atoms with Crippen molar-refractivity contribution in [3.63, 3.8) is 0 Å². The molecule has 0 radical (unpaired) electrons. The number of ether oxygens (including phenoxy) is 2. The molecule has 1 aromatic heterocycles. The molecule has 4 rings (SSSR count). The minimum Gasteiger partial charge on any atom is -0.510 e. The summed E-state index contributed by atoms with van der Waals surface area (Å²) in [6, 6.07) is 12.7. The molecule has 0 bridgehead atoms. The molecule has 8 heteroatoms. The normalized spacial score (nSPS) is 13.9. The van der Waals surface area contributed by atoms with Crippen LogP contribution in [0.15, 0.2) is 53.6 Å². The molecule has 2 heterocycles. The first kappa shape index (κ1) is 19.3. The molecule has 0 spiro atoms. The fourth-order valence-corrected chi connectivity index (χ4v) is 4.18. The molecule has 2 N–H and O–H groups in total. The minimum atomic E-state index is 0.114. The first-order chi connectivity index (χ1) is 14.0. The zero-order valence-corrected chi connectivity index (χ0v) is 17.3. The smallest absolute Gasteiger partial charge is 0.139 e. The fraction of sp³-hybridized carbons (Fsp3) is 0.143. The number of halogens is 1. The standard InChI is InChI=1S/C21H18ClN3O3S/c1-27-14-7-8-18(28-2)15(9-14)16-11-29-21(24-16)19-17(26)10-25(20(19)23)13-5-3-12(22)4-6-13/h3-9,11,23,26H,10H2,1-2H3. The number of aromatic nitrogens is 1. The number of hydrogen-bond acceptors (Lipinski definition) is 6. The first-order valence-electron chi connectivity index (χ1n) is 8.74. The molecule has 1 aliphatic rings. The lowest BCUT2D eigenvalue weighted by molar-refractivity contribution is 0.404. The van der Waals surface area contributed by atoms with E-state index in [-0.39, 0.29) is 18.1 Å². The van der Waals surface area contributed by atoms with Crippen molar-refractivity contribution < 1.29 is 14.6 Å². The number of thiazole rings is 1. The topological polar surface area (TPSA) is 78.7 Å². The highest BCUT2D eigenvalue weighted by Gasteiger charge is 2.31. The number of benzene rings is 2. The van der Waals surface area contributed by atoms with Gasteiger partial charge in [-0.15, -0.1) is 11.3 Å². The molecule has 148 valence electrons. The highest BCUT2D eigenvalue weighted by Crippen LogP contribution is 2.38. The molecule has 0 unspecified atom stereocenters. The van der Waals surface area contributed by atoms with Gasteiger partial charge >= 0.3 is 0 Å². The zero-order valence-electron chi connectivity index (χ0n) is 15.8. The summed E-state index contributed by atoms with van der Waals surface area (Å²) in [6.45, 7) is 0.215. The average Bonchev–Trinajstić information content (AvgIpc) is 3.32. The number of methoxy groups -OCH3 is 2. The van der Waals surface area contributed by atoms with Crippen molar-refractivity contribution in [2.24, 2.45) is 0 Å². The third-order valence-electron chi connectivity index (χ3n) is 4.64. The van der Waals surface area contributed by atoms with Gasteiger partial charge in [0.1, 0.15) is 28.1 Å². The van der Waals surface area contributed by atoms with E-state index < -0.39 is 0 Å². The number of nitrogens with zero attached hydrogens (tertiary/aromatic N) is 2. The van der Waals surface area contributed by atoms with Crippen molar-refractivity contribution in [3.8, 4) is 22.8 Å². The predicted molar refractivity (Wildman–Crippen MR) is 117 cm³/mol. The molecule has 3 aromatic rings. The number of amidine groups is 1. The Morgan fingerprint density at radius 1 is 1.14 bits per heavy atom. The molecule has 6 nitrogen and oxygen atoms in total. The van der Waals surface area contributed by atoms with Crippen LogP contribution < -0.4 is 14.4 Å². The number of rotatable bonds is 5. The summed E-state index contributed by atoms with van der Waals surface area (Å²) in [6.07, 6.45) is 0. The Hall–Kier alpha value is -3.03. The Balaban J connectivity index is 1.67. The van der Waals surface area contributed by atoms with E-state index in [0.29, 0.717) is 32.8 Å². The summed E-state index contributed by atoms with van der Waals surface area (Å²) in [7, 11) is 3.20. The lowest BCUT2D eigenvalue weighted by atomic mass is 10.1. The van der Waals surface area contributed by atoms with Gasteiger partial charge in [0.15, 0.2) is 0 Å². The Morgan fingerprint density at radius 3 is 2.59 bits per heavy atom. The maximum Gasteiger partial charge on any atom is 0.139 e. The van der Waals surface area contributed by atoms with Gasteiger partial charge in [0.05, 0.1) is 32.0 Å². The van der Waals surface area contributed by atoms with E-state index in [0.717, 1.165) is 11.3 Å². The maximum absolute atomic E-state index is 10.6. The van der Waals surface area contributed by atoms with Gasteiger partial charge in [0.25, 0.3) is 0 Å². The van der Waals surface area contributed by atoms with E-state index in [9.17, 15) is 5.11 Å². The molecule has 0 atom stereocenters. The van der Waals surface area contributed by atoms with Gasteiger partial charge in [-0.05, 0) is 42.5 Å². The van der Waals surface area contributed by atoms with Gasteiger partial charge in [-0.2, -0.15) is 0 Å². The van der Waals surface area contributed by atoms with Crippen molar-refractivity contribution in [1.82, 2.24) is 4.98 Å². The monoisotopic (exact) mass is 427 g/mol. The zero-order chi connectivity index (χ0) is 20.5. The van der Waals surface area contributed by atoms with Gasteiger partial charge in [-0.1, -0.05) is 11.6 Å². The van der Waals surface area contributed by atoms with E-state index in [1.54, 1.807) is 31.3 Å². The Morgan fingerprint density at radius 2 is 1.90 bits per heavy atom. The quantitative estimate of drug-likeness (QED) is 0.581. The minimum absolute atomic E-state index is 0.114. The van der Waals surface area contributed by atoms with Crippen LogP contribution in [0.3, 0.4) is 0 Å². The van der Waals surface area contributed by atoms with E-state index >= 15 is 0 Å². The first-order valence-corrected chi connectivity index (χ1v) is 10.00. The largest absolute Gasteiger partial charge is 0.510 e. The predicted octanol–water partition coefficient (Wildman–Crippen LogP) is 5.25. The van der Waals surface area contributed by atoms with Gasteiger partial charge in [0.2, 0.25) is 0 Å². The lowest BCUT2D eigenvalue weighted by Gasteiger charge is -2.18. The number of nitrogens with one attached hydrogen (secondary N) is 1. The third kappa shape index (κ3) is 3.54. The van der Waals surface area contributed by atoms with Crippen LogP contribution in [0.1, 0.15) is 5.01 Å². The molecule has 0 aliphatic carbocycles. The van der Waals surface area contributed by atoms with Crippen molar-refractivity contribution in [2.75, 3.05) is 25.7 Å². The van der Waals surface area contributed by atoms with E-state index in [1.807, 2.05) is 35.7 Å². The molecule has 0 saturated heterocycles. The van der Waals surface area contributed by atoms with Crippen LogP contribution in [-0.4, -0.2) is 36.7 Å². The van der Waals surface area contributed by atoms with E-state index in [4.69, 9.17) is 26.5 Å². The number of hydrogen-bond donors (Lipinski definition) is 2. The van der Waals surface area contributed by atoms with Crippen LogP contribution in [0, 0.1) is 5.41 Å². The van der Waals surface area contributed by atoms with Gasteiger partial charge < -0.3 is 19.5 Å². The summed E-state index contributed by atoms with van der Waals surface area (Å²) >= 11 is 7.32. The van der Waals surface area contributed by atoms with E-state index in [1.165, 1.54) is 11.3 Å². The maximum atomic E-state index is 10.6. The van der Waals surface area contributed by atoms with Crippen LogP contribution in [0.5, 0.6) is 11.5 Å². The lowest BCUT2D eigenvalue weighted by Crippen LogP contribution is -2.25. The van der Waals surface area contributed by atoms with Crippen LogP contribution in [-0.2, 0) is 0 Å². The highest BCUT2D eigenvalue weighted by molar-refractivity contribution is 7.11. The second-order valence-corrected chi connectivity index (χ2v) is 7.63. The van der Waals surface area contributed by atoms with Crippen LogP contribution in [0.4, 0.5) is 5.69 Å². The Kier molecular flexibility index (Phi) is 5.17. The van der Waals surface area contributed by atoms with Crippen LogP contribution >= 0.6 is 22.9 Å². The number of anilines is 1. The molecule has 0 amide bonds. The van der Waals surface area contributed by atoms with Crippen LogP contribution in [0.2, 0.25) is 5.02 Å². The van der Waals surface area contributed by atoms with E-state index in [2.05, 4.69) is 4.98 Å². The van der Waals surface area contributed by atoms with Crippen molar-refractivity contribution in [3.05, 3.63) is 63.6 Å². The number of aliphatic hydroxyl groups excluding tert-OH is 1. The van der Waals surface area contributed by atoms with Gasteiger partial charge in [0, 0.05) is 21.7 Å². The highest BCUT2D eigenvalue weighted by atomic mass is 35.5. The summed E-state index contributed by atoms with van der Waals surface area (Å²) in [5.74, 6) is 1.68. The summed E-state index contributed by atoms with van der Waals surface area (Å²) in [5, 5.41) is 22.2. The molecule has 0 saturated carbocycles. The Bertz CT molecular complexity index is 1110. The summed E-state index contributed by atoms with van der Waals surface area (Å²) in [4.78, 5) is 6.38. The molecular weight excluding hydrogens is 410 g/mol. The average molecular weight is 428 g/mol. The summed E-state index contributed by atoms with van der Waals surface area (Å²) < 4.78 is 10.8. The van der Waals surface area contributed by atoms with Gasteiger partial charge in [-0.3, -0.25) is 5.41 Å². The number of aliphatic hydroxyl groups is 1. The van der Waals surface area contributed by atoms with Crippen LogP contribution in [0.25, 0.3) is 16.8 Å². The fourth-order valence-electron chi connectivity index (χ4n) is 3.17. The third-order valence-corrected chi connectivity index (χ3v) is 5.75. The molecule has 2 aromatic carbocycles. The molecule has 29 heavy (non-hydrogen) atoms.